The highest BCUT2D eigenvalue weighted by Gasteiger charge is 2.34. The number of nitrogens with zero attached hydrogens (tertiary/aromatic N) is 1. The molecule has 136 valence electrons. The fraction of sp³-hybridized carbons (Fsp3) is 0.286. The van der Waals surface area contributed by atoms with E-state index in [1.54, 1.807) is 23.1 Å². The molecule has 0 aromatic heterocycles. The van der Waals surface area contributed by atoms with E-state index >= 15 is 0 Å². The lowest BCUT2D eigenvalue weighted by Crippen LogP contribution is -2.25. The van der Waals surface area contributed by atoms with E-state index in [2.05, 4.69) is 6.58 Å². The van der Waals surface area contributed by atoms with E-state index in [-0.39, 0.29) is 11.6 Å². The lowest BCUT2D eigenvalue weighted by Gasteiger charge is -2.31. The molecule has 0 spiro atoms. The molecule has 1 unspecified atom stereocenters. The van der Waals surface area contributed by atoms with Gasteiger partial charge in [0.1, 0.15) is 0 Å². The fourth-order valence-corrected chi connectivity index (χ4v) is 3.64. The third-order valence-corrected chi connectivity index (χ3v) is 4.88. The van der Waals surface area contributed by atoms with Crippen molar-refractivity contribution in [1.82, 2.24) is 4.90 Å². The molecule has 1 aliphatic heterocycles. The molecule has 1 saturated heterocycles. The normalized spacial score (nSPS) is 18.5. The van der Waals surface area contributed by atoms with Crippen LogP contribution in [0, 0.1) is 5.41 Å². The standard InChI is InChI=1S/C21H21F3N2/c1-15-8-2-7-13-20(26(15)14-25)18-11-4-3-9-16(18)17-10-5-6-12-19(17)21(22,23)24/h3-6,9-12,14,20,25H,1-2,7-8,13H2. The van der Waals surface area contributed by atoms with Gasteiger partial charge < -0.3 is 4.90 Å². The smallest absolute Gasteiger partial charge is 0.330 e. The van der Waals surface area contributed by atoms with Crippen LogP contribution in [0.4, 0.5) is 13.2 Å². The minimum Gasteiger partial charge on any atom is -0.330 e. The molecule has 0 amide bonds. The summed E-state index contributed by atoms with van der Waals surface area (Å²) in [6.07, 6.45) is 0.319. The zero-order valence-electron chi connectivity index (χ0n) is 14.4. The molecule has 0 saturated carbocycles. The van der Waals surface area contributed by atoms with Crippen LogP contribution in [-0.4, -0.2) is 11.2 Å². The van der Waals surface area contributed by atoms with Crippen molar-refractivity contribution in [3.8, 4) is 11.1 Å². The van der Waals surface area contributed by atoms with Crippen LogP contribution in [0.25, 0.3) is 11.1 Å². The van der Waals surface area contributed by atoms with Crippen LogP contribution >= 0.6 is 0 Å². The Balaban J connectivity index is 2.16. The van der Waals surface area contributed by atoms with Crippen molar-refractivity contribution < 1.29 is 13.2 Å². The largest absolute Gasteiger partial charge is 0.417 e. The summed E-state index contributed by atoms with van der Waals surface area (Å²) in [7, 11) is 0. The van der Waals surface area contributed by atoms with E-state index < -0.39 is 11.7 Å². The minimum absolute atomic E-state index is 0.176. The molecule has 2 aromatic carbocycles. The highest BCUT2D eigenvalue weighted by molar-refractivity contribution is 5.72. The molecule has 0 bridgehead atoms. The Bertz CT molecular complexity index is 811. The first-order valence-electron chi connectivity index (χ1n) is 8.65. The minimum atomic E-state index is -4.42. The van der Waals surface area contributed by atoms with Crippen molar-refractivity contribution in [2.75, 3.05) is 0 Å². The summed E-state index contributed by atoms with van der Waals surface area (Å²) >= 11 is 0. The van der Waals surface area contributed by atoms with Crippen molar-refractivity contribution >= 4 is 6.34 Å². The fourth-order valence-electron chi connectivity index (χ4n) is 3.64. The zero-order valence-corrected chi connectivity index (χ0v) is 14.4. The molecule has 1 fully saturated rings. The molecule has 1 atom stereocenters. The Morgan fingerprint density at radius 1 is 1.00 bits per heavy atom. The van der Waals surface area contributed by atoms with Gasteiger partial charge in [-0.15, -0.1) is 0 Å². The van der Waals surface area contributed by atoms with Gasteiger partial charge in [-0.05, 0) is 42.0 Å². The molecule has 0 radical (unpaired) electrons. The van der Waals surface area contributed by atoms with Crippen molar-refractivity contribution in [2.45, 2.75) is 37.9 Å². The summed E-state index contributed by atoms with van der Waals surface area (Å²) in [6.45, 7) is 4.06. The molecule has 5 heteroatoms. The van der Waals surface area contributed by atoms with Gasteiger partial charge in [0, 0.05) is 5.70 Å². The lowest BCUT2D eigenvalue weighted by molar-refractivity contribution is -0.137. The summed E-state index contributed by atoms with van der Waals surface area (Å²) in [5.41, 5.74) is 1.74. The van der Waals surface area contributed by atoms with Gasteiger partial charge in [-0.25, -0.2) is 0 Å². The molecule has 0 aliphatic carbocycles. The second-order valence-electron chi connectivity index (χ2n) is 6.49. The molecule has 2 aromatic rings. The molecule has 1 heterocycles. The number of alkyl halides is 3. The second kappa shape index (κ2) is 7.36. The zero-order chi connectivity index (χ0) is 18.7. The van der Waals surface area contributed by atoms with E-state index in [0.717, 1.165) is 43.0 Å². The summed E-state index contributed by atoms with van der Waals surface area (Å²) in [4.78, 5) is 1.79. The lowest BCUT2D eigenvalue weighted by atomic mass is 9.89. The third kappa shape index (κ3) is 3.52. The summed E-state index contributed by atoms with van der Waals surface area (Å²) < 4.78 is 40.6. The van der Waals surface area contributed by atoms with Crippen molar-refractivity contribution in [3.05, 3.63) is 71.9 Å². The van der Waals surface area contributed by atoms with Crippen molar-refractivity contribution in [3.63, 3.8) is 0 Å². The van der Waals surface area contributed by atoms with Crippen LogP contribution in [-0.2, 0) is 6.18 Å². The summed E-state index contributed by atoms with van der Waals surface area (Å²) in [5.74, 6) is 0. The van der Waals surface area contributed by atoms with Gasteiger partial charge in [0.25, 0.3) is 0 Å². The van der Waals surface area contributed by atoms with Gasteiger partial charge in [-0.1, -0.05) is 55.5 Å². The molecular weight excluding hydrogens is 337 g/mol. The summed E-state index contributed by atoms with van der Waals surface area (Å²) in [6, 6.07) is 12.7. The first kappa shape index (κ1) is 18.2. The number of nitrogens with one attached hydrogen (secondary N) is 1. The van der Waals surface area contributed by atoms with Crippen LogP contribution < -0.4 is 0 Å². The van der Waals surface area contributed by atoms with E-state index in [4.69, 9.17) is 5.41 Å². The Kier molecular flexibility index (Phi) is 5.16. The Morgan fingerprint density at radius 2 is 1.65 bits per heavy atom. The van der Waals surface area contributed by atoms with Gasteiger partial charge in [0.2, 0.25) is 0 Å². The highest BCUT2D eigenvalue weighted by atomic mass is 19.4. The van der Waals surface area contributed by atoms with E-state index in [1.807, 2.05) is 12.1 Å². The average Bonchev–Trinajstić information content (AvgIpc) is 2.82. The van der Waals surface area contributed by atoms with Crippen LogP contribution in [0.15, 0.2) is 60.8 Å². The van der Waals surface area contributed by atoms with E-state index in [9.17, 15) is 13.2 Å². The topological polar surface area (TPSA) is 27.1 Å². The number of allylic oxidation sites excluding steroid dienone is 1. The monoisotopic (exact) mass is 358 g/mol. The maximum Gasteiger partial charge on any atom is 0.417 e. The number of halogens is 3. The average molecular weight is 358 g/mol. The van der Waals surface area contributed by atoms with Crippen LogP contribution in [0.1, 0.15) is 42.9 Å². The Labute approximate surface area is 151 Å². The molecule has 3 rings (SSSR count). The van der Waals surface area contributed by atoms with Crippen LogP contribution in [0.2, 0.25) is 0 Å². The van der Waals surface area contributed by atoms with Crippen LogP contribution in [0.5, 0.6) is 0 Å². The van der Waals surface area contributed by atoms with Crippen LogP contribution in [0.3, 0.4) is 0 Å². The van der Waals surface area contributed by atoms with Gasteiger partial charge >= 0.3 is 6.18 Å². The SMILES string of the molecule is C=C1CCCCC(c2ccccc2-c2ccccc2C(F)(F)F)N1C=N. The third-order valence-electron chi connectivity index (χ3n) is 4.88. The van der Waals surface area contributed by atoms with Gasteiger partial charge in [0.05, 0.1) is 17.9 Å². The molecule has 2 nitrogen and oxygen atoms in total. The Hall–Kier alpha value is -2.56. The van der Waals surface area contributed by atoms with Gasteiger partial charge in [0.15, 0.2) is 0 Å². The van der Waals surface area contributed by atoms with Crippen molar-refractivity contribution in [2.24, 2.45) is 0 Å². The number of benzene rings is 2. The number of likely N-dealkylation sites (tertiary alicyclic amines) is 1. The molecular formula is C21H21F3N2. The molecule has 1 aliphatic rings. The van der Waals surface area contributed by atoms with Gasteiger partial charge in [-0.3, -0.25) is 5.41 Å². The predicted octanol–water partition coefficient (Wildman–Crippen LogP) is 6.41. The second-order valence-corrected chi connectivity index (χ2v) is 6.49. The number of hydrogen-bond acceptors (Lipinski definition) is 1. The molecule has 1 N–H and O–H groups in total. The van der Waals surface area contributed by atoms with E-state index in [0.29, 0.717) is 5.56 Å². The van der Waals surface area contributed by atoms with Gasteiger partial charge in [-0.2, -0.15) is 13.2 Å². The Morgan fingerprint density at radius 3 is 2.35 bits per heavy atom. The highest BCUT2D eigenvalue weighted by Crippen LogP contribution is 2.42. The van der Waals surface area contributed by atoms with Crippen molar-refractivity contribution in [1.29, 1.82) is 5.41 Å². The number of rotatable bonds is 3. The maximum atomic E-state index is 13.5. The summed E-state index contributed by atoms with van der Waals surface area (Å²) in [5, 5.41) is 7.78. The first-order valence-corrected chi connectivity index (χ1v) is 8.65. The maximum absolute atomic E-state index is 13.5. The quantitative estimate of drug-likeness (QED) is 0.498. The predicted molar refractivity (Wildman–Crippen MR) is 97.9 cm³/mol. The van der Waals surface area contributed by atoms with E-state index in [1.165, 1.54) is 18.5 Å². The first-order chi connectivity index (χ1) is 12.4. The number of hydrogen-bond donors (Lipinski definition) is 1. The molecule has 26 heavy (non-hydrogen) atoms.